The number of morpholine rings is 1. The van der Waals surface area contributed by atoms with Crippen molar-refractivity contribution in [2.75, 3.05) is 33.4 Å². The number of rotatable bonds is 4. The molecule has 120 valence electrons. The first-order chi connectivity index (χ1) is 11.3. The van der Waals surface area contributed by atoms with Crippen LogP contribution in [0.25, 0.3) is 15.5 Å². The van der Waals surface area contributed by atoms with Gasteiger partial charge in [0.2, 0.25) is 4.96 Å². The number of methoxy groups -OCH3 is 1. The summed E-state index contributed by atoms with van der Waals surface area (Å²) < 4.78 is 12.4. The van der Waals surface area contributed by atoms with Crippen LogP contribution in [0.5, 0.6) is 5.75 Å². The van der Waals surface area contributed by atoms with Crippen LogP contribution in [0.2, 0.25) is 0 Å². The first kappa shape index (κ1) is 14.6. The molecule has 0 aliphatic carbocycles. The second-order valence-corrected chi connectivity index (χ2v) is 6.29. The molecule has 1 fully saturated rings. The summed E-state index contributed by atoms with van der Waals surface area (Å²) in [5.74, 6) is 1.71. The van der Waals surface area contributed by atoms with Crippen LogP contribution in [0.15, 0.2) is 24.3 Å². The van der Waals surface area contributed by atoms with Gasteiger partial charge in [-0.3, -0.25) is 4.90 Å². The van der Waals surface area contributed by atoms with E-state index < -0.39 is 0 Å². The molecule has 7 nitrogen and oxygen atoms in total. The average Bonchev–Trinajstić information content (AvgIpc) is 3.18. The lowest BCUT2D eigenvalue weighted by Gasteiger charge is -2.25. The van der Waals surface area contributed by atoms with Gasteiger partial charge in [-0.15, -0.1) is 10.2 Å². The molecule has 8 heteroatoms. The van der Waals surface area contributed by atoms with Crippen molar-refractivity contribution in [1.82, 2.24) is 24.7 Å². The Morgan fingerprint density at radius 2 is 1.96 bits per heavy atom. The maximum atomic E-state index is 5.38. The SMILES string of the molecule is COc1ccc(-c2nn3c(CN4CCOCC4)nnc3s2)cc1. The summed E-state index contributed by atoms with van der Waals surface area (Å²) in [6.07, 6.45) is 0. The van der Waals surface area contributed by atoms with Crippen LogP contribution >= 0.6 is 11.3 Å². The molecule has 23 heavy (non-hydrogen) atoms. The standard InChI is InChI=1S/C15H17N5O2S/c1-21-12-4-2-11(3-5-12)14-18-20-13(16-17-15(20)23-14)10-19-6-8-22-9-7-19/h2-5H,6-10H2,1H3. The molecule has 0 N–H and O–H groups in total. The highest BCUT2D eigenvalue weighted by molar-refractivity contribution is 7.19. The molecule has 0 saturated carbocycles. The highest BCUT2D eigenvalue weighted by Crippen LogP contribution is 2.27. The van der Waals surface area contributed by atoms with Crippen molar-refractivity contribution >= 4 is 16.3 Å². The largest absolute Gasteiger partial charge is 0.497 e. The summed E-state index contributed by atoms with van der Waals surface area (Å²) in [5.41, 5.74) is 1.05. The van der Waals surface area contributed by atoms with Gasteiger partial charge < -0.3 is 9.47 Å². The van der Waals surface area contributed by atoms with Crippen LogP contribution in [-0.2, 0) is 11.3 Å². The zero-order chi connectivity index (χ0) is 15.6. The number of benzene rings is 1. The maximum Gasteiger partial charge on any atom is 0.235 e. The highest BCUT2D eigenvalue weighted by Gasteiger charge is 2.17. The maximum absolute atomic E-state index is 5.38. The summed E-state index contributed by atoms with van der Waals surface area (Å²) in [6, 6.07) is 7.89. The number of hydrogen-bond donors (Lipinski definition) is 0. The van der Waals surface area contributed by atoms with Gasteiger partial charge in [0.15, 0.2) is 5.82 Å². The molecule has 1 aromatic carbocycles. The molecule has 1 aliphatic heterocycles. The smallest absolute Gasteiger partial charge is 0.235 e. The Labute approximate surface area is 137 Å². The van der Waals surface area contributed by atoms with E-state index >= 15 is 0 Å². The van der Waals surface area contributed by atoms with Crippen molar-refractivity contribution < 1.29 is 9.47 Å². The van der Waals surface area contributed by atoms with E-state index in [4.69, 9.17) is 9.47 Å². The Balaban J connectivity index is 1.60. The molecule has 3 heterocycles. The van der Waals surface area contributed by atoms with E-state index in [-0.39, 0.29) is 0 Å². The van der Waals surface area contributed by atoms with Gasteiger partial charge in [0.25, 0.3) is 0 Å². The number of ether oxygens (including phenoxy) is 2. The van der Waals surface area contributed by atoms with Gasteiger partial charge in [0, 0.05) is 18.7 Å². The summed E-state index contributed by atoms with van der Waals surface area (Å²) in [4.78, 5) is 3.13. The van der Waals surface area contributed by atoms with Crippen LogP contribution in [0.4, 0.5) is 0 Å². The molecular weight excluding hydrogens is 314 g/mol. The summed E-state index contributed by atoms with van der Waals surface area (Å²) in [5, 5.41) is 14.1. The topological polar surface area (TPSA) is 64.8 Å². The van der Waals surface area contributed by atoms with Crippen molar-refractivity contribution in [2.45, 2.75) is 6.54 Å². The fraction of sp³-hybridized carbons (Fsp3) is 0.400. The van der Waals surface area contributed by atoms with Crippen molar-refractivity contribution in [3.05, 3.63) is 30.1 Å². The lowest BCUT2D eigenvalue weighted by molar-refractivity contribution is 0.0328. The van der Waals surface area contributed by atoms with Crippen LogP contribution < -0.4 is 4.74 Å². The quantitative estimate of drug-likeness (QED) is 0.725. The van der Waals surface area contributed by atoms with E-state index in [1.807, 2.05) is 28.8 Å². The molecule has 3 aromatic rings. The molecule has 4 rings (SSSR count). The number of aromatic nitrogens is 4. The van der Waals surface area contributed by atoms with Gasteiger partial charge in [-0.2, -0.15) is 9.61 Å². The molecule has 1 aliphatic rings. The van der Waals surface area contributed by atoms with Gasteiger partial charge in [-0.25, -0.2) is 0 Å². The summed E-state index contributed by atoms with van der Waals surface area (Å²) >= 11 is 1.54. The van der Waals surface area contributed by atoms with Crippen LogP contribution in [0, 0.1) is 0 Å². The number of fused-ring (bicyclic) bond motifs is 1. The first-order valence-corrected chi connectivity index (χ1v) is 8.31. The third-order valence-corrected chi connectivity index (χ3v) is 4.81. The predicted octanol–water partition coefficient (Wildman–Crippen LogP) is 1.69. The minimum Gasteiger partial charge on any atom is -0.497 e. The van der Waals surface area contributed by atoms with Crippen molar-refractivity contribution in [2.24, 2.45) is 0 Å². The molecule has 0 spiro atoms. The van der Waals surface area contributed by atoms with E-state index in [1.54, 1.807) is 18.4 Å². The first-order valence-electron chi connectivity index (χ1n) is 7.49. The van der Waals surface area contributed by atoms with Crippen LogP contribution in [0.1, 0.15) is 5.82 Å². The second kappa shape index (κ2) is 6.23. The third-order valence-electron chi connectivity index (χ3n) is 3.86. The number of hydrogen-bond acceptors (Lipinski definition) is 7. The number of nitrogens with zero attached hydrogens (tertiary/aromatic N) is 5. The minimum absolute atomic E-state index is 0.746. The molecular formula is C15H17N5O2S. The molecule has 0 unspecified atom stereocenters. The normalized spacial score (nSPS) is 16.0. The van der Waals surface area contributed by atoms with E-state index in [0.717, 1.165) is 60.0 Å². The Hall–Kier alpha value is -2.03. The third kappa shape index (κ3) is 2.92. The molecule has 2 aromatic heterocycles. The van der Waals surface area contributed by atoms with Crippen molar-refractivity contribution in [3.8, 4) is 16.3 Å². The van der Waals surface area contributed by atoms with E-state index in [1.165, 1.54) is 0 Å². The molecule has 0 bridgehead atoms. The van der Waals surface area contributed by atoms with Gasteiger partial charge in [0.1, 0.15) is 10.8 Å². The molecule has 0 radical (unpaired) electrons. The van der Waals surface area contributed by atoms with Gasteiger partial charge in [-0.05, 0) is 24.3 Å². The van der Waals surface area contributed by atoms with Gasteiger partial charge in [0.05, 0.1) is 26.9 Å². The lowest BCUT2D eigenvalue weighted by atomic mass is 10.2. The van der Waals surface area contributed by atoms with Crippen LogP contribution in [-0.4, -0.2) is 58.1 Å². The lowest BCUT2D eigenvalue weighted by Crippen LogP contribution is -2.36. The average molecular weight is 331 g/mol. The fourth-order valence-electron chi connectivity index (χ4n) is 2.57. The molecule has 0 amide bonds. The Morgan fingerprint density at radius 3 is 2.70 bits per heavy atom. The summed E-state index contributed by atoms with van der Waals surface area (Å²) in [6.45, 7) is 4.14. The van der Waals surface area contributed by atoms with Gasteiger partial charge >= 0.3 is 0 Å². The fourth-order valence-corrected chi connectivity index (χ4v) is 3.43. The Kier molecular flexibility index (Phi) is 3.94. The summed E-state index contributed by atoms with van der Waals surface area (Å²) in [7, 11) is 1.66. The zero-order valence-corrected chi connectivity index (χ0v) is 13.6. The van der Waals surface area contributed by atoms with Gasteiger partial charge in [-0.1, -0.05) is 11.3 Å². The Bertz CT molecular complexity index is 792. The second-order valence-electron chi connectivity index (χ2n) is 5.33. The monoisotopic (exact) mass is 331 g/mol. The van der Waals surface area contributed by atoms with E-state index in [2.05, 4.69) is 20.2 Å². The van der Waals surface area contributed by atoms with E-state index in [9.17, 15) is 0 Å². The van der Waals surface area contributed by atoms with E-state index in [0.29, 0.717) is 0 Å². The van der Waals surface area contributed by atoms with Crippen LogP contribution in [0.3, 0.4) is 0 Å². The van der Waals surface area contributed by atoms with Crippen molar-refractivity contribution in [1.29, 1.82) is 0 Å². The Morgan fingerprint density at radius 1 is 1.17 bits per heavy atom. The minimum atomic E-state index is 0.746. The van der Waals surface area contributed by atoms with Crippen molar-refractivity contribution in [3.63, 3.8) is 0 Å². The highest BCUT2D eigenvalue weighted by atomic mass is 32.1. The molecule has 0 atom stereocenters. The molecule has 1 saturated heterocycles. The predicted molar refractivity (Wildman–Crippen MR) is 86.7 cm³/mol. The zero-order valence-electron chi connectivity index (χ0n) is 12.8.